The summed E-state index contributed by atoms with van der Waals surface area (Å²) in [4.78, 5) is 23.2. The van der Waals surface area contributed by atoms with Gasteiger partial charge in [0.05, 0.1) is 11.3 Å². The van der Waals surface area contributed by atoms with Crippen molar-refractivity contribution in [2.45, 2.75) is 32.6 Å². The summed E-state index contributed by atoms with van der Waals surface area (Å²) in [6.07, 6.45) is 3.65. The lowest BCUT2D eigenvalue weighted by atomic mass is 9.82. The molecule has 1 aromatic carbocycles. The minimum atomic E-state index is -1.25. The van der Waals surface area contributed by atoms with E-state index < -0.39 is 11.8 Å². The molecule has 108 valence electrons. The van der Waals surface area contributed by atoms with Gasteiger partial charge in [-0.25, -0.2) is 9.18 Å². The molecule has 1 saturated carbocycles. The summed E-state index contributed by atoms with van der Waals surface area (Å²) in [6, 6.07) is 3.36. The van der Waals surface area contributed by atoms with Gasteiger partial charge in [0, 0.05) is 5.92 Å². The molecule has 1 fully saturated rings. The summed E-state index contributed by atoms with van der Waals surface area (Å²) in [5.41, 5.74) is -0.0648. The molecule has 0 aliphatic heterocycles. The van der Waals surface area contributed by atoms with Gasteiger partial charge in [0.15, 0.2) is 0 Å². The van der Waals surface area contributed by atoms with Gasteiger partial charge in [-0.2, -0.15) is 0 Å². The fourth-order valence-electron chi connectivity index (χ4n) is 2.56. The minimum Gasteiger partial charge on any atom is -0.478 e. The third-order valence-corrected chi connectivity index (χ3v) is 3.86. The number of amides is 1. The van der Waals surface area contributed by atoms with Crippen LogP contribution in [0, 0.1) is 17.7 Å². The highest BCUT2D eigenvalue weighted by Gasteiger charge is 2.25. The van der Waals surface area contributed by atoms with E-state index in [-0.39, 0.29) is 23.1 Å². The Hall–Kier alpha value is -1.91. The second-order valence-electron chi connectivity index (χ2n) is 5.44. The highest BCUT2D eigenvalue weighted by Crippen LogP contribution is 2.29. The first kappa shape index (κ1) is 14.5. The van der Waals surface area contributed by atoms with E-state index in [0.29, 0.717) is 5.92 Å². The molecule has 0 spiro atoms. The molecule has 1 amide bonds. The van der Waals surface area contributed by atoms with E-state index in [0.717, 1.165) is 37.8 Å². The summed E-state index contributed by atoms with van der Waals surface area (Å²) < 4.78 is 13.1. The number of nitrogens with one attached hydrogen (secondary N) is 1. The standard InChI is InChI=1S/C15H18FNO3/c1-9-2-4-10(5-3-9)14(18)17-13-7-6-11(16)8-12(13)15(19)20/h6-10H,2-5H2,1H3,(H,17,18)(H,19,20). The second-order valence-corrected chi connectivity index (χ2v) is 5.44. The summed E-state index contributed by atoms with van der Waals surface area (Å²) in [5, 5.41) is 11.6. The molecular weight excluding hydrogens is 261 g/mol. The Morgan fingerprint density at radius 3 is 2.50 bits per heavy atom. The molecule has 4 nitrogen and oxygen atoms in total. The van der Waals surface area contributed by atoms with Gasteiger partial charge in [-0.15, -0.1) is 0 Å². The lowest BCUT2D eigenvalue weighted by Crippen LogP contribution is -2.27. The summed E-state index contributed by atoms with van der Waals surface area (Å²) in [7, 11) is 0. The number of benzene rings is 1. The van der Waals surface area contributed by atoms with Crippen LogP contribution >= 0.6 is 0 Å². The Bertz CT molecular complexity index is 522. The third kappa shape index (κ3) is 3.35. The van der Waals surface area contributed by atoms with Crippen molar-refractivity contribution in [1.82, 2.24) is 0 Å². The normalized spacial score (nSPS) is 22.3. The van der Waals surface area contributed by atoms with E-state index in [4.69, 9.17) is 5.11 Å². The average Bonchev–Trinajstić information content (AvgIpc) is 2.41. The predicted molar refractivity (Wildman–Crippen MR) is 73.1 cm³/mol. The number of aromatic carboxylic acids is 1. The maximum absolute atomic E-state index is 13.1. The molecule has 0 atom stereocenters. The largest absolute Gasteiger partial charge is 0.478 e. The van der Waals surface area contributed by atoms with Crippen LogP contribution in [-0.4, -0.2) is 17.0 Å². The fraction of sp³-hybridized carbons (Fsp3) is 0.467. The van der Waals surface area contributed by atoms with Crippen molar-refractivity contribution in [2.24, 2.45) is 11.8 Å². The van der Waals surface area contributed by atoms with E-state index in [9.17, 15) is 14.0 Å². The number of halogens is 1. The Labute approximate surface area is 117 Å². The van der Waals surface area contributed by atoms with Crippen LogP contribution in [0.4, 0.5) is 10.1 Å². The van der Waals surface area contributed by atoms with Crippen LogP contribution in [0.3, 0.4) is 0 Å². The van der Waals surface area contributed by atoms with E-state index >= 15 is 0 Å². The van der Waals surface area contributed by atoms with Gasteiger partial charge >= 0.3 is 5.97 Å². The number of carbonyl (C=O) groups excluding carboxylic acids is 1. The van der Waals surface area contributed by atoms with Crippen LogP contribution < -0.4 is 5.32 Å². The van der Waals surface area contributed by atoms with E-state index in [1.807, 2.05) is 0 Å². The molecule has 0 bridgehead atoms. The molecule has 2 rings (SSSR count). The van der Waals surface area contributed by atoms with Crippen molar-refractivity contribution < 1.29 is 19.1 Å². The second kappa shape index (κ2) is 6.03. The fourth-order valence-corrected chi connectivity index (χ4v) is 2.56. The number of carboxylic acids is 1. The first-order chi connectivity index (χ1) is 9.47. The topological polar surface area (TPSA) is 66.4 Å². The van der Waals surface area contributed by atoms with Gasteiger partial charge in [0.2, 0.25) is 5.91 Å². The Morgan fingerprint density at radius 2 is 1.90 bits per heavy atom. The van der Waals surface area contributed by atoms with Crippen LogP contribution in [0.25, 0.3) is 0 Å². The van der Waals surface area contributed by atoms with Crippen molar-refractivity contribution in [3.8, 4) is 0 Å². The van der Waals surface area contributed by atoms with Gasteiger partial charge in [0.25, 0.3) is 0 Å². The quantitative estimate of drug-likeness (QED) is 0.892. The van der Waals surface area contributed by atoms with Crippen molar-refractivity contribution >= 4 is 17.6 Å². The number of carbonyl (C=O) groups is 2. The maximum Gasteiger partial charge on any atom is 0.337 e. The SMILES string of the molecule is CC1CCC(C(=O)Nc2ccc(F)cc2C(=O)O)CC1. The molecule has 1 aliphatic carbocycles. The van der Waals surface area contributed by atoms with E-state index in [1.165, 1.54) is 6.07 Å². The monoisotopic (exact) mass is 279 g/mol. The van der Waals surface area contributed by atoms with Crippen molar-refractivity contribution in [2.75, 3.05) is 5.32 Å². The average molecular weight is 279 g/mol. The molecule has 5 heteroatoms. The summed E-state index contributed by atoms with van der Waals surface area (Å²) in [5.74, 6) is -1.51. The predicted octanol–water partition coefficient (Wildman–Crippen LogP) is 3.29. The van der Waals surface area contributed by atoms with Gasteiger partial charge in [-0.3, -0.25) is 4.79 Å². The first-order valence-corrected chi connectivity index (χ1v) is 6.81. The first-order valence-electron chi connectivity index (χ1n) is 6.81. The van der Waals surface area contributed by atoms with Crippen LogP contribution in [0.1, 0.15) is 43.0 Å². The molecular formula is C15H18FNO3. The highest BCUT2D eigenvalue weighted by atomic mass is 19.1. The molecule has 20 heavy (non-hydrogen) atoms. The zero-order valence-electron chi connectivity index (χ0n) is 11.4. The molecule has 1 aliphatic rings. The zero-order valence-corrected chi connectivity index (χ0v) is 11.4. The summed E-state index contributed by atoms with van der Waals surface area (Å²) in [6.45, 7) is 2.16. The molecule has 0 heterocycles. The number of rotatable bonds is 3. The third-order valence-electron chi connectivity index (χ3n) is 3.86. The Balaban J connectivity index is 2.10. The van der Waals surface area contributed by atoms with Crippen LogP contribution in [-0.2, 0) is 4.79 Å². The zero-order chi connectivity index (χ0) is 14.7. The molecule has 0 aromatic heterocycles. The highest BCUT2D eigenvalue weighted by molar-refractivity contribution is 6.01. The number of hydrogen-bond donors (Lipinski definition) is 2. The molecule has 0 saturated heterocycles. The Morgan fingerprint density at radius 1 is 1.25 bits per heavy atom. The molecule has 0 unspecified atom stereocenters. The molecule has 2 N–H and O–H groups in total. The van der Waals surface area contributed by atoms with Crippen molar-refractivity contribution in [1.29, 1.82) is 0 Å². The Kier molecular flexibility index (Phi) is 4.37. The number of carboxylic acid groups (broad SMARTS) is 1. The van der Waals surface area contributed by atoms with Crippen LogP contribution in [0.2, 0.25) is 0 Å². The van der Waals surface area contributed by atoms with E-state index in [1.54, 1.807) is 0 Å². The lowest BCUT2D eigenvalue weighted by Gasteiger charge is -2.25. The van der Waals surface area contributed by atoms with Crippen LogP contribution in [0.5, 0.6) is 0 Å². The van der Waals surface area contributed by atoms with Gasteiger partial charge in [-0.05, 0) is 49.8 Å². The van der Waals surface area contributed by atoms with Gasteiger partial charge in [-0.1, -0.05) is 6.92 Å². The van der Waals surface area contributed by atoms with Gasteiger partial charge < -0.3 is 10.4 Å². The molecule has 1 aromatic rings. The number of anilines is 1. The number of hydrogen-bond acceptors (Lipinski definition) is 2. The van der Waals surface area contributed by atoms with E-state index in [2.05, 4.69) is 12.2 Å². The maximum atomic E-state index is 13.1. The minimum absolute atomic E-state index is 0.0853. The van der Waals surface area contributed by atoms with Crippen molar-refractivity contribution in [3.63, 3.8) is 0 Å². The summed E-state index contributed by atoms with van der Waals surface area (Å²) >= 11 is 0. The van der Waals surface area contributed by atoms with Crippen molar-refractivity contribution in [3.05, 3.63) is 29.6 Å². The van der Waals surface area contributed by atoms with Gasteiger partial charge in [0.1, 0.15) is 5.82 Å². The van der Waals surface area contributed by atoms with Crippen LogP contribution in [0.15, 0.2) is 18.2 Å². The smallest absolute Gasteiger partial charge is 0.337 e. The molecule has 0 radical (unpaired) electrons. The lowest BCUT2D eigenvalue weighted by molar-refractivity contribution is -0.121.